The molecule has 1 aliphatic rings. The summed E-state index contributed by atoms with van der Waals surface area (Å²) in [5.41, 5.74) is 1.21. The van der Waals surface area contributed by atoms with Crippen LogP contribution in [-0.4, -0.2) is 35.7 Å². The van der Waals surface area contributed by atoms with E-state index < -0.39 is 0 Å². The lowest BCUT2D eigenvalue weighted by molar-refractivity contribution is 0.129. The van der Waals surface area contributed by atoms with Gasteiger partial charge in [-0.2, -0.15) is 0 Å². The highest BCUT2D eigenvalue weighted by atomic mass is 16.3. The number of phenolic OH excluding ortho intramolecular Hbond substituents is 1. The molecule has 2 atom stereocenters. The molecule has 1 heterocycles. The van der Waals surface area contributed by atoms with Crippen molar-refractivity contribution in [2.75, 3.05) is 19.6 Å². The first-order chi connectivity index (χ1) is 9.22. The number of benzene rings is 1. The third-order valence-electron chi connectivity index (χ3n) is 4.13. The summed E-state index contributed by atoms with van der Waals surface area (Å²) in [4.78, 5) is 2.51. The van der Waals surface area contributed by atoms with Crippen LogP contribution in [0.25, 0.3) is 0 Å². The second-order valence-corrected chi connectivity index (χ2v) is 5.53. The summed E-state index contributed by atoms with van der Waals surface area (Å²) in [6.45, 7) is 8.78. The molecule has 0 spiro atoms. The number of nitrogens with one attached hydrogen (secondary N) is 1. The molecular formula is C16H26N2O. The van der Waals surface area contributed by atoms with E-state index in [4.69, 9.17) is 0 Å². The zero-order valence-electron chi connectivity index (χ0n) is 12.1. The summed E-state index contributed by atoms with van der Waals surface area (Å²) >= 11 is 0. The molecule has 1 aliphatic heterocycles. The summed E-state index contributed by atoms with van der Waals surface area (Å²) in [5, 5.41) is 13.1. The zero-order valence-corrected chi connectivity index (χ0v) is 12.1. The van der Waals surface area contributed by atoms with Gasteiger partial charge in [0.05, 0.1) is 0 Å². The number of phenols is 1. The lowest BCUT2D eigenvalue weighted by Crippen LogP contribution is -2.48. The second-order valence-electron chi connectivity index (χ2n) is 5.53. The number of hydrogen-bond acceptors (Lipinski definition) is 3. The van der Waals surface area contributed by atoms with Gasteiger partial charge in [-0.3, -0.25) is 4.90 Å². The molecule has 1 aromatic rings. The van der Waals surface area contributed by atoms with Gasteiger partial charge in [-0.25, -0.2) is 0 Å². The predicted molar refractivity (Wildman–Crippen MR) is 79.2 cm³/mol. The SMILES string of the molecule is CCNC1CCN(Cc2cccc(O)c2)CC1CC. The number of piperidine rings is 1. The molecule has 0 radical (unpaired) electrons. The lowest BCUT2D eigenvalue weighted by Gasteiger charge is -2.38. The average Bonchev–Trinajstić information content (AvgIpc) is 2.41. The van der Waals surface area contributed by atoms with Crippen LogP contribution in [0.3, 0.4) is 0 Å². The van der Waals surface area contributed by atoms with Crippen molar-refractivity contribution in [2.24, 2.45) is 5.92 Å². The molecule has 106 valence electrons. The monoisotopic (exact) mass is 262 g/mol. The van der Waals surface area contributed by atoms with Gasteiger partial charge in [0.25, 0.3) is 0 Å². The van der Waals surface area contributed by atoms with Crippen LogP contribution in [0.15, 0.2) is 24.3 Å². The van der Waals surface area contributed by atoms with E-state index in [1.165, 1.54) is 18.4 Å². The number of rotatable bonds is 5. The fraction of sp³-hybridized carbons (Fsp3) is 0.625. The van der Waals surface area contributed by atoms with Gasteiger partial charge in [0.2, 0.25) is 0 Å². The van der Waals surface area contributed by atoms with Crippen molar-refractivity contribution < 1.29 is 5.11 Å². The number of aromatic hydroxyl groups is 1. The maximum absolute atomic E-state index is 9.52. The predicted octanol–water partition coefficient (Wildman–Crippen LogP) is 2.60. The first-order valence-corrected chi connectivity index (χ1v) is 7.46. The smallest absolute Gasteiger partial charge is 0.115 e. The topological polar surface area (TPSA) is 35.5 Å². The van der Waals surface area contributed by atoms with Crippen LogP contribution in [0.4, 0.5) is 0 Å². The van der Waals surface area contributed by atoms with E-state index in [1.807, 2.05) is 12.1 Å². The van der Waals surface area contributed by atoms with Gasteiger partial charge < -0.3 is 10.4 Å². The first kappa shape index (κ1) is 14.4. The van der Waals surface area contributed by atoms with E-state index in [0.29, 0.717) is 11.8 Å². The molecular weight excluding hydrogens is 236 g/mol. The van der Waals surface area contributed by atoms with E-state index >= 15 is 0 Å². The van der Waals surface area contributed by atoms with Crippen molar-refractivity contribution in [2.45, 2.75) is 39.3 Å². The van der Waals surface area contributed by atoms with Gasteiger partial charge in [-0.15, -0.1) is 0 Å². The number of nitrogens with zero attached hydrogens (tertiary/aromatic N) is 1. The molecule has 0 saturated carbocycles. The van der Waals surface area contributed by atoms with Crippen LogP contribution < -0.4 is 5.32 Å². The fourth-order valence-corrected chi connectivity index (χ4v) is 3.11. The molecule has 2 unspecified atom stereocenters. The highest BCUT2D eigenvalue weighted by Crippen LogP contribution is 2.22. The van der Waals surface area contributed by atoms with E-state index in [1.54, 1.807) is 6.07 Å². The van der Waals surface area contributed by atoms with Crippen LogP contribution in [0.2, 0.25) is 0 Å². The van der Waals surface area contributed by atoms with Gasteiger partial charge in [-0.1, -0.05) is 32.4 Å². The normalized spacial score (nSPS) is 24.5. The summed E-state index contributed by atoms with van der Waals surface area (Å²) in [6.07, 6.45) is 2.46. The molecule has 0 aliphatic carbocycles. The zero-order chi connectivity index (χ0) is 13.7. The third kappa shape index (κ3) is 3.95. The Balaban J connectivity index is 1.92. The second kappa shape index (κ2) is 6.92. The quantitative estimate of drug-likeness (QED) is 0.856. The number of likely N-dealkylation sites (tertiary alicyclic amines) is 1. The van der Waals surface area contributed by atoms with E-state index in [2.05, 4.69) is 30.1 Å². The van der Waals surface area contributed by atoms with E-state index in [9.17, 15) is 5.11 Å². The minimum atomic E-state index is 0.368. The fourth-order valence-electron chi connectivity index (χ4n) is 3.11. The summed E-state index contributed by atoms with van der Waals surface area (Å²) < 4.78 is 0. The van der Waals surface area contributed by atoms with Crippen molar-refractivity contribution in [3.8, 4) is 5.75 Å². The van der Waals surface area contributed by atoms with Crippen molar-refractivity contribution in [3.63, 3.8) is 0 Å². The first-order valence-electron chi connectivity index (χ1n) is 7.46. The Hall–Kier alpha value is -1.06. The molecule has 1 saturated heterocycles. The van der Waals surface area contributed by atoms with Crippen LogP contribution >= 0.6 is 0 Å². The summed E-state index contributed by atoms with van der Waals surface area (Å²) in [7, 11) is 0. The van der Waals surface area contributed by atoms with Gasteiger partial charge in [0.1, 0.15) is 5.75 Å². The maximum Gasteiger partial charge on any atom is 0.115 e. The molecule has 1 fully saturated rings. The molecule has 0 aromatic heterocycles. The molecule has 19 heavy (non-hydrogen) atoms. The molecule has 3 heteroatoms. The van der Waals surface area contributed by atoms with Crippen LogP contribution in [0.1, 0.15) is 32.3 Å². The maximum atomic E-state index is 9.52. The largest absolute Gasteiger partial charge is 0.508 e. The Morgan fingerprint density at radius 3 is 2.89 bits per heavy atom. The van der Waals surface area contributed by atoms with Gasteiger partial charge in [0.15, 0.2) is 0 Å². The van der Waals surface area contributed by atoms with Crippen molar-refractivity contribution in [3.05, 3.63) is 29.8 Å². The number of hydrogen-bond donors (Lipinski definition) is 2. The van der Waals surface area contributed by atoms with Crippen molar-refractivity contribution in [1.29, 1.82) is 0 Å². The summed E-state index contributed by atoms with van der Waals surface area (Å²) in [5.74, 6) is 1.11. The van der Waals surface area contributed by atoms with E-state index in [0.717, 1.165) is 32.1 Å². The van der Waals surface area contributed by atoms with E-state index in [-0.39, 0.29) is 0 Å². The molecule has 2 N–H and O–H groups in total. The van der Waals surface area contributed by atoms with Crippen LogP contribution in [-0.2, 0) is 6.54 Å². The van der Waals surface area contributed by atoms with Crippen LogP contribution in [0, 0.1) is 5.92 Å². The molecule has 0 amide bonds. The van der Waals surface area contributed by atoms with Crippen LogP contribution in [0.5, 0.6) is 5.75 Å². The Labute approximate surface area is 116 Å². The van der Waals surface area contributed by atoms with Gasteiger partial charge in [-0.05, 0) is 43.1 Å². The lowest BCUT2D eigenvalue weighted by atomic mass is 9.89. The van der Waals surface area contributed by atoms with Gasteiger partial charge in [0, 0.05) is 19.1 Å². The Morgan fingerprint density at radius 1 is 1.37 bits per heavy atom. The Kier molecular flexibility index (Phi) is 5.23. The standard InChI is InChI=1S/C16H26N2O/c1-3-14-12-18(9-8-16(14)17-4-2)11-13-6-5-7-15(19)10-13/h5-7,10,14,16-17,19H,3-4,8-9,11-12H2,1-2H3. The Morgan fingerprint density at radius 2 is 2.21 bits per heavy atom. The minimum Gasteiger partial charge on any atom is -0.508 e. The minimum absolute atomic E-state index is 0.368. The van der Waals surface area contributed by atoms with Gasteiger partial charge >= 0.3 is 0 Å². The molecule has 2 rings (SSSR count). The molecule has 1 aromatic carbocycles. The highest BCUT2D eigenvalue weighted by Gasteiger charge is 2.27. The van der Waals surface area contributed by atoms with Crippen molar-refractivity contribution >= 4 is 0 Å². The highest BCUT2D eigenvalue weighted by molar-refractivity contribution is 5.27. The Bertz CT molecular complexity index is 394. The van der Waals surface area contributed by atoms with Crippen molar-refractivity contribution in [1.82, 2.24) is 10.2 Å². The third-order valence-corrected chi connectivity index (χ3v) is 4.13. The molecule has 0 bridgehead atoms. The molecule has 3 nitrogen and oxygen atoms in total. The average molecular weight is 262 g/mol. The summed E-state index contributed by atoms with van der Waals surface area (Å²) in [6, 6.07) is 8.30.